The van der Waals surface area contributed by atoms with Crippen LogP contribution in [0.4, 0.5) is 0 Å². The van der Waals surface area contributed by atoms with E-state index in [0.29, 0.717) is 13.2 Å². The van der Waals surface area contributed by atoms with E-state index >= 15 is 0 Å². The lowest BCUT2D eigenvalue weighted by Gasteiger charge is -2.19. The lowest BCUT2D eigenvalue weighted by atomic mass is 10.5. The lowest BCUT2D eigenvalue weighted by Crippen LogP contribution is -2.31. The Hall–Kier alpha value is -0.160. The predicted octanol–water partition coefficient (Wildman–Crippen LogP) is 0.354. The van der Waals surface area contributed by atoms with E-state index in [1.807, 2.05) is 6.92 Å². The molecule has 0 heterocycles. The fourth-order valence-electron chi connectivity index (χ4n) is 1.13. The Morgan fingerprint density at radius 2 is 1.64 bits per heavy atom. The summed E-state index contributed by atoms with van der Waals surface area (Å²) in [4.78, 5) is 2.27. The molecule has 0 aliphatic carbocycles. The van der Waals surface area contributed by atoms with Gasteiger partial charge < -0.3 is 14.6 Å². The molecule has 0 aromatic rings. The molecule has 0 atom stereocenters. The van der Waals surface area contributed by atoms with Crippen molar-refractivity contribution in [2.75, 3.05) is 52.7 Å². The van der Waals surface area contributed by atoms with Gasteiger partial charge in [-0.1, -0.05) is 6.92 Å². The van der Waals surface area contributed by atoms with E-state index in [4.69, 9.17) is 14.6 Å². The van der Waals surface area contributed by atoms with E-state index in [0.717, 1.165) is 32.8 Å². The van der Waals surface area contributed by atoms with Crippen LogP contribution in [0.25, 0.3) is 0 Å². The first-order valence-electron chi connectivity index (χ1n) is 5.33. The number of ether oxygens (including phenoxy) is 2. The third-order valence-electron chi connectivity index (χ3n) is 1.99. The number of hydrogen-bond donors (Lipinski definition) is 1. The highest BCUT2D eigenvalue weighted by molar-refractivity contribution is 4.53. The Balaban J connectivity index is 3.28. The van der Waals surface area contributed by atoms with Gasteiger partial charge in [-0.25, -0.2) is 0 Å². The van der Waals surface area contributed by atoms with Crippen molar-refractivity contribution in [3.8, 4) is 0 Å². The molecule has 86 valence electrons. The van der Waals surface area contributed by atoms with Gasteiger partial charge in [0.25, 0.3) is 0 Å². The molecule has 4 nitrogen and oxygen atoms in total. The molecule has 0 spiro atoms. The molecule has 0 fully saturated rings. The van der Waals surface area contributed by atoms with Gasteiger partial charge in [0.1, 0.15) is 0 Å². The summed E-state index contributed by atoms with van der Waals surface area (Å²) < 4.78 is 10.5. The maximum absolute atomic E-state index is 8.50. The van der Waals surface area contributed by atoms with Gasteiger partial charge in [-0.05, 0) is 13.5 Å². The van der Waals surface area contributed by atoms with Crippen LogP contribution in [0, 0.1) is 0 Å². The molecule has 14 heavy (non-hydrogen) atoms. The highest BCUT2D eigenvalue weighted by Crippen LogP contribution is 1.88. The topological polar surface area (TPSA) is 41.9 Å². The molecule has 4 heteroatoms. The van der Waals surface area contributed by atoms with Crippen LogP contribution in [0.5, 0.6) is 0 Å². The van der Waals surface area contributed by atoms with Gasteiger partial charge in [-0.2, -0.15) is 0 Å². The Labute approximate surface area is 86.8 Å². The number of nitrogens with zero attached hydrogens (tertiary/aromatic N) is 1. The van der Waals surface area contributed by atoms with Crippen LogP contribution < -0.4 is 0 Å². The van der Waals surface area contributed by atoms with Crippen molar-refractivity contribution in [3.63, 3.8) is 0 Å². The average Bonchev–Trinajstić information content (AvgIpc) is 2.22. The normalized spacial score (nSPS) is 11.1. The minimum atomic E-state index is 0.102. The fourth-order valence-corrected chi connectivity index (χ4v) is 1.13. The molecule has 0 saturated carbocycles. The van der Waals surface area contributed by atoms with E-state index in [9.17, 15) is 0 Å². The molecule has 0 radical (unpaired) electrons. The van der Waals surface area contributed by atoms with Crippen molar-refractivity contribution in [1.82, 2.24) is 4.90 Å². The summed E-state index contributed by atoms with van der Waals surface area (Å²) in [5.41, 5.74) is 0. The number of hydrogen-bond acceptors (Lipinski definition) is 4. The van der Waals surface area contributed by atoms with Crippen molar-refractivity contribution in [1.29, 1.82) is 0 Å². The van der Waals surface area contributed by atoms with Gasteiger partial charge in [0.15, 0.2) is 0 Å². The second kappa shape index (κ2) is 10.9. The number of rotatable bonds is 10. The molecule has 0 bridgehead atoms. The van der Waals surface area contributed by atoms with Crippen LogP contribution in [-0.2, 0) is 9.47 Å². The second-order valence-corrected chi connectivity index (χ2v) is 2.97. The number of aliphatic hydroxyl groups excluding tert-OH is 1. The van der Waals surface area contributed by atoms with Crippen LogP contribution in [0.2, 0.25) is 0 Å². The average molecular weight is 205 g/mol. The smallest absolute Gasteiger partial charge is 0.0698 e. The maximum Gasteiger partial charge on any atom is 0.0698 e. The molecule has 0 aromatic carbocycles. The van der Waals surface area contributed by atoms with E-state index in [-0.39, 0.29) is 6.61 Å². The maximum atomic E-state index is 8.50. The molecule has 0 unspecified atom stereocenters. The van der Waals surface area contributed by atoms with Gasteiger partial charge in [0.05, 0.1) is 26.4 Å². The molecule has 0 aromatic heterocycles. The minimum Gasteiger partial charge on any atom is -0.394 e. The SMILES string of the molecule is CCOCCN(CC)CCOCCO. The quantitative estimate of drug-likeness (QED) is 0.523. The zero-order chi connectivity index (χ0) is 10.6. The van der Waals surface area contributed by atoms with Crippen molar-refractivity contribution < 1.29 is 14.6 Å². The van der Waals surface area contributed by atoms with Gasteiger partial charge >= 0.3 is 0 Å². The summed E-state index contributed by atoms with van der Waals surface area (Å²) in [7, 11) is 0. The molecular weight excluding hydrogens is 182 g/mol. The first-order chi connectivity index (χ1) is 6.85. The Kier molecular flexibility index (Phi) is 10.8. The van der Waals surface area contributed by atoms with Crippen LogP contribution in [0.1, 0.15) is 13.8 Å². The molecule has 0 rings (SSSR count). The summed E-state index contributed by atoms with van der Waals surface area (Å²) >= 11 is 0. The van der Waals surface area contributed by atoms with Gasteiger partial charge in [0.2, 0.25) is 0 Å². The standard InChI is InChI=1S/C10H23NO3/c1-3-11(5-8-13-4-2)6-9-14-10-7-12/h12H,3-10H2,1-2H3. The van der Waals surface area contributed by atoms with Gasteiger partial charge in [-0.3, -0.25) is 4.90 Å². The summed E-state index contributed by atoms with van der Waals surface area (Å²) in [6, 6.07) is 0. The first-order valence-corrected chi connectivity index (χ1v) is 5.33. The molecule has 0 amide bonds. The van der Waals surface area contributed by atoms with Gasteiger partial charge in [0, 0.05) is 19.7 Å². The van der Waals surface area contributed by atoms with Crippen LogP contribution in [0.3, 0.4) is 0 Å². The molecule has 0 saturated heterocycles. The number of aliphatic hydroxyl groups is 1. The zero-order valence-electron chi connectivity index (χ0n) is 9.37. The monoisotopic (exact) mass is 205 g/mol. The molecule has 1 N–H and O–H groups in total. The van der Waals surface area contributed by atoms with E-state index in [2.05, 4.69) is 11.8 Å². The Morgan fingerprint density at radius 1 is 1.00 bits per heavy atom. The highest BCUT2D eigenvalue weighted by atomic mass is 16.5. The molecular formula is C10H23NO3. The number of likely N-dealkylation sites (N-methyl/N-ethyl adjacent to an activating group) is 1. The summed E-state index contributed by atoms with van der Waals surface area (Å²) in [5, 5.41) is 8.50. The second-order valence-electron chi connectivity index (χ2n) is 2.97. The van der Waals surface area contributed by atoms with Crippen molar-refractivity contribution in [2.45, 2.75) is 13.8 Å². The molecule has 0 aliphatic heterocycles. The zero-order valence-corrected chi connectivity index (χ0v) is 9.37. The summed E-state index contributed by atoms with van der Waals surface area (Å²) in [6.45, 7) is 9.77. The van der Waals surface area contributed by atoms with Crippen molar-refractivity contribution in [2.24, 2.45) is 0 Å². The summed E-state index contributed by atoms with van der Waals surface area (Å²) in [5.74, 6) is 0. The lowest BCUT2D eigenvalue weighted by molar-refractivity contribution is 0.0627. The van der Waals surface area contributed by atoms with E-state index < -0.39 is 0 Å². The van der Waals surface area contributed by atoms with Crippen molar-refractivity contribution >= 4 is 0 Å². The third-order valence-corrected chi connectivity index (χ3v) is 1.99. The third kappa shape index (κ3) is 8.44. The predicted molar refractivity (Wildman–Crippen MR) is 56.5 cm³/mol. The van der Waals surface area contributed by atoms with Crippen LogP contribution in [0.15, 0.2) is 0 Å². The van der Waals surface area contributed by atoms with Crippen LogP contribution >= 0.6 is 0 Å². The minimum absolute atomic E-state index is 0.102. The Bertz CT molecular complexity index is 112. The summed E-state index contributed by atoms with van der Waals surface area (Å²) in [6.07, 6.45) is 0. The molecule has 0 aliphatic rings. The fraction of sp³-hybridized carbons (Fsp3) is 1.00. The highest BCUT2D eigenvalue weighted by Gasteiger charge is 2.00. The van der Waals surface area contributed by atoms with E-state index in [1.165, 1.54) is 0 Å². The first kappa shape index (κ1) is 13.8. The Morgan fingerprint density at radius 3 is 2.14 bits per heavy atom. The van der Waals surface area contributed by atoms with Gasteiger partial charge in [-0.15, -0.1) is 0 Å². The van der Waals surface area contributed by atoms with E-state index in [1.54, 1.807) is 0 Å². The van der Waals surface area contributed by atoms with Crippen LogP contribution in [-0.4, -0.2) is 62.7 Å². The van der Waals surface area contributed by atoms with Crippen molar-refractivity contribution in [3.05, 3.63) is 0 Å². The largest absolute Gasteiger partial charge is 0.394 e.